The first-order chi connectivity index (χ1) is 7.31. The lowest BCUT2D eigenvalue weighted by atomic mass is 10.00. The summed E-state index contributed by atoms with van der Waals surface area (Å²) in [7, 11) is 0. The number of aliphatic hydroxyl groups excluding tert-OH is 5. The zero-order valence-electron chi connectivity index (χ0n) is 9.95. The van der Waals surface area contributed by atoms with Crippen LogP contribution in [-0.2, 0) is 0 Å². The zero-order chi connectivity index (χ0) is 12.7. The maximum Gasteiger partial charge on any atom is 0.0589 e. The highest BCUT2D eigenvalue weighted by molar-refractivity contribution is 4.70. The predicted octanol–water partition coefficient (Wildman–Crippen LogP) is -0.609. The Kier molecular flexibility index (Phi) is 7.87. The molecule has 5 N–H and O–H groups in total. The van der Waals surface area contributed by atoms with Crippen LogP contribution in [0.25, 0.3) is 0 Å². The normalized spacial score (nSPS) is 21.2. The van der Waals surface area contributed by atoms with E-state index in [1.807, 2.05) is 0 Å². The number of aliphatic hydroxyl groups is 5. The second-order valence-electron chi connectivity index (χ2n) is 4.60. The van der Waals surface area contributed by atoms with Gasteiger partial charge in [-0.25, -0.2) is 0 Å². The molecule has 0 fully saturated rings. The highest BCUT2D eigenvalue weighted by Gasteiger charge is 2.18. The van der Waals surface area contributed by atoms with Crippen molar-refractivity contribution in [1.29, 1.82) is 0 Å². The van der Waals surface area contributed by atoms with Crippen LogP contribution in [0.5, 0.6) is 0 Å². The summed E-state index contributed by atoms with van der Waals surface area (Å²) >= 11 is 0. The van der Waals surface area contributed by atoms with E-state index >= 15 is 0 Å². The van der Waals surface area contributed by atoms with Crippen LogP contribution in [0.2, 0.25) is 0 Å². The van der Waals surface area contributed by atoms with Gasteiger partial charge in [0, 0.05) is 0 Å². The van der Waals surface area contributed by atoms with Gasteiger partial charge in [0.05, 0.1) is 30.5 Å². The van der Waals surface area contributed by atoms with Crippen molar-refractivity contribution >= 4 is 0 Å². The molecule has 5 heteroatoms. The molecule has 16 heavy (non-hydrogen) atoms. The molecule has 0 aromatic carbocycles. The molecule has 1 unspecified atom stereocenters. The number of hydrogen-bond acceptors (Lipinski definition) is 5. The van der Waals surface area contributed by atoms with Crippen LogP contribution >= 0.6 is 0 Å². The van der Waals surface area contributed by atoms with E-state index in [1.165, 1.54) is 0 Å². The van der Waals surface area contributed by atoms with Crippen molar-refractivity contribution in [3.8, 4) is 0 Å². The molecule has 0 bridgehead atoms. The first-order valence-corrected chi connectivity index (χ1v) is 5.71. The number of hydrogen-bond donors (Lipinski definition) is 5. The van der Waals surface area contributed by atoms with Gasteiger partial charge in [0.1, 0.15) is 0 Å². The smallest absolute Gasteiger partial charge is 0.0589 e. The first-order valence-electron chi connectivity index (χ1n) is 5.71. The standard InChI is InChI=1S/C11H24O5/c1-7(12)3-9(14)5-11(16)6-10(15)4-8(2)13/h7-16H,3-6H2,1-2H3/t7-,8+,9-,10+,11?. The molecule has 0 radical (unpaired) electrons. The molecule has 0 amide bonds. The molecule has 0 saturated heterocycles. The quantitative estimate of drug-likeness (QED) is 0.387. The Morgan fingerprint density at radius 1 is 0.562 bits per heavy atom. The molecule has 0 aliphatic heterocycles. The average molecular weight is 236 g/mol. The van der Waals surface area contributed by atoms with Crippen LogP contribution in [-0.4, -0.2) is 56.1 Å². The molecule has 0 aromatic heterocycles. The van der Waals surface area contributed by atoms with Gasteiger partial charge < -0.3 is 25.5 Å². The minimum atomic E-state index is -0.817. The average Bonchev–Trinajstić information content (AvgIpc) is 1.97. The third-order valence-electron chi connectivity index (χ3n) is 2.31. The Labute approximate surface area is 96.4 Å². The lowest BCUT2D eigenvalue weighted by molar-refractivity contribution is 0.0108. The molecule has 98 valence electrons. The summed E-state index contributed by atoms with van der Waals surface area (Å²) in [6.45, 7) is 3.13. The van der Waals surface area contributed by atoms with Crippen molar-refractivity contribution in [2.24, 2.45) is 0 Å². The van der Waals surface area contributed by atoms with Crippen LogP contribution in [0.4, 0.5) is 0 Å². The Morgan fingerprint density at radius 2 is 0.812 bits per heavy atom. The van der Waals surface area contributed by atoms with Crippen LogP contribution in [0.15, 0.2) is 0 Å². The van der Waals surface area contributed by atoms with Crippen molar-refractivity contribution < 1.29 is 25.5 Å². The molecule has 0 spiro atoms. The molecule has 0 aliphatic rings. The van der Waals surface area contributed by atoms with Crippen LogP contribution in [0.1, 0.15) is 39.5 Å². The summed E-state index contributed by atoms with van der Waals surface area (Å²) in [5.74, 6) is 0. The monoisotopic (exact) mass is 236 g/mol. The zero-order valence-corrected chi connectivity index (χ0v) is 9.95. The molecule has 0 aliphatic carbocycles. The topological polar surface area (TPSA) is 101 Å². The summed E-state index contributed by atoms with van der Waals surface area (Å²) in [6.07, 6.45) is -2.89. The SMILES string of the molecule is C[C@H](O)C[C@H](O)CC(O)C[C@H](O)C[C@@H](C)O. The summed E-state index contributed by atoms with van der Waals surface area (Å²) < 4.78 is 0. The van der Waals surface area contributed by atoms with Crippen LogP contribution in [0.3, 0.4) is 0 Å². The molecule has 0 saturated carbocycles. The van der Waals surface area contributed by atoms with Crippen molar-refractivity contribution in [3.63, 3.8) is 0 Å². The first kappa shape index (κ1) is 15.8. The highest BCUT2D eigenvalue weighted by Crippen LogP contribution is 2.12. The largest absolute Gasteiger partial charge is 0.393 e. The Bertz CT molecular complexity index is 154. The maximum absolute atomic E-state index is 9.53. The molecule has 5 nitrogen and oxygen atoms in total. The van der Waals surface area contributed by atoms with E-state index < -0.39 is 30.5 Å². The minimum absolute atomic E-state index is 0.127. The van der Waals surface area contributed by atoms with Gasteiger partial charge in [0.2, 0.25) is 0 Å². The van der Waals surface area contributed by atoms with Crippen molar-refractivity contribution in [1.82, 2.24) is 0 Å². The third kappa shape index (κ3) is 9.06. The molecule has 0 aromatic rings. The van der Waals surface area contributed by atoms with Gasteiger partial charge in [0.25, 0.3) is 0 Å². The summed E-state index contributed by atoms with van der Waals surface area (Å²) in [4.78, 5) is 0. The predicted molar refractivity (Wildman–Crippen MR) is 59.9 cm³/mol. The molecule has 5 atom stereocenters. The number of rotatable bonds is 8. The van der Waals surface area contributed by atoms with Gasteiger partial charge in [-0.3, -0.25) is 0 Å². The van der Waals surface area contributed by atoms with Gasteiger partial charge in [-0.15, -0.1) is 0 Å². The summed E-state index contributed by atoms with van der Waals surface area (Å²) in [6, 6.07) is 0. The van der Waals surface area contributed by atoms with Crippen molar-refractivity contribution in [2.75, 3.05) is 0 Å². The molecular weight excluding hydrogens is 212 g/mol. The Hall–Kier alpha value is -0.200. The maximum atomic E-state index is 9.53. The van der Waals surface area contributed by atoms with Crippen LogP contribution < -0.4 is 0 Å². The van der Waals surface area contributed by atoms with Crippen LogP contribution in [0, 0.1) is 0 Å². The third-order valence-corrected chi connectivity index (χ3v) is 2.31. The molecule has 0 heterocycles. The second kappa shape index (κ2) is 7.97. The lowest BCUT2D eigenvalue weighted by Crippen LogP contribution is -2.26. The fraction of sp³-hybridized carbons (Fsp3) is 1.00. The fourth-order valence-corrected chi connectivity index (χ4v) is 1.70. The Balaban J connectivity index is 3.75. The summed E-state index contributed by atoms with van der Waals surface area (Å²) in [5, 5.41) is 46.4. The lowest BCUT2D eigenvalue weighted by Gasteiger charge is -2.20. The van der Waals surface area contributed by atoms with Gasteiger partial charge in [-0.2, -0.15) is 0 Å². The summed E-state index contributed by atoms with van der Waals surface area (Å²) in [5.41, 5.74) is 0. The Morgan fingerprint density at radius 3 is 1.06 bits per heavy atom. The van der Waals surface area contributed by atoms with E-state index in [0.29, 0.717) is 0 Å². The van der Waals surface area contributed by atoms with Crippen molar-refractivity contribution in [2.45, 2.75) is 70.1 Å². The van der Waals surface area contributed by atoms with Gasteiger partial charge in [-0.05, 0) is 39.5 Å². The second-order valence-corrected chi connectivity index (χ2v) is 4.60. The van der Waals surface area contributed by atoms with E-state index in [2.05, 4.69) is 0 Å². The van der Waals surface area contributed by atoms with E-state index in [-0.39, 0.29) is 25.7 Å². The van der Waals surface area contributed by atoms with Gasteiger partial charge in [0.15, 0.2) is 0 Å². The van der Waals surface area contributed by atoms with E-state index in [9.17, 15) is 15.3 Å². The molecule has 0 rings (SSSR count). The van der Waals surface area contributed by atoms with Crippen molar-refractivity contribution in [3.05, 3.63) is 0 Å². The van der Waals surface area contributed by atoms with Gasteiger partial charge >= 0.3 is 0 Å². The van der Waals surface area contributed by atoms with E-state index in [0.717, 1.165) is 0 Å². The minimum Gasteiger partial charge on any atom is -0.393 e. The van der Waals surface area contributed by atoms with Gasteiger partial charge in [-0.1, -0.05) is 0 Å². The van der Waals surface area contributed by atoms with E-state index in [4.69, 9.17) is 10.2 Å². The fourth-order valence-electron chi connectivity index (χ4n) is 1.70. The van der Waals surface area contributed by atoms with E-state index in [1.54, 1.807) is 13.8 Å². The molecular formula is C11H24O5. The highest BCUT2D eigenvalue weighted by atomic mass is 16.3.